The van der Waals surface area contributed by atoms with Gasteiger partial charge in [-0.3, -0.25) is 0 Å². The molecule has 1 saturated carbocycles. The summed E-state index contributed by atoms with van der Waals surface area (Å²) in [6.07, 6.45) is 6.76. The van der Waals surface area contributed by atoms with Crippen molar-refractivity contribution in [1.29, 1.82) is 0 Å². The first-order valence-electron chi connectivity index (χ1n) is 13.6. The van der Waals surface area contributed by atoms with Gasteiger partial charge in [0.15, 0.2) is 11.6 Å². The maximum Gasteiger partial charge on any atom is 0.346 e. The maximum atomic E-state index is 15.8. The second kappa shape index (κ2) is 13.7. The smallest absolute Gasteiger partial charge is 0.346 e. The molecule has 2 aromatic carbocycles. The summed E-state index contributed by atoms with van der Waals surface area (Å²) in [5.41, 5.74) is -2.15. The van der Waals surface area contributed by atoms with Gasteiger partial charge in [0, 0.05) is 5.92 Å². The van der Waals surface area contributed by atoms with Crippen LogP contribution in [0.3, 0.4) is 0 Å². The number of aliphatic carboxylic acids is 1. The van der Waals surface area contributed by atoms with E-state index < -0.39 is 40.7 Å². The Labute approximate surface area is 222 Å². The minimum absolute atomic E-state index is 0.102. The molecule has 0 bridgehead atoms. The second-order valence-electron chi connectivity index (χ2n) is 10.1. The summed E-state index contributed by atoms with van der Waals surface area (Å²) in [5, 5.41) is 9.75. The largest absolute Gasteiger partial charge is 0.490 e. The lowest BCUT2D eigenvalue weighted by Gasteiger charge is -2.35. The number of hydrogen-bond donors (Lipinski definition) is 1. The Morgan fingerprint density at radius 1 is 1.00 bits per heavy atom. The highest BCUT2D eigenvalue weighted by atomic mass is 19.2. The molecule has 1 unspecified atom stereocenters. The van der Waals surface area contributed by atoms with Gasteiger partial charge in [-0.1, -0.05) is 58.1 Å². The second-order valence-corrected chi connectivity index (χ2v) is 10.1. The molecule has 1 N–H and O–H groups in total. The molecule has 2 atom stereocenters. The van der Waals surface area contributed by atoms with Crippen molar-refractivity contribution in [3.05, 3.63) is 59.2 Å². The Hall–Kier alpha value is -3.03. The Morgan fingerprint density at radius 2 is 1.68 bits per heavy atom. The molecule has 0 radical (unpaired) electrons. The Balaban J connectivity index is 1.68. The number of carboxylic acids is 1. The van der Waals surface area contributed by atoms with Crippen molar-refractivity contribution >= 4 is 11.9 Å². The molecule has 0 heterocycles. The first kappa shape index (κ1) is 29.5. The number of carboxylic acid groups (broad SMARTS) is 1. The molecule has 5 nitrogen and oxygen atoms in total. The van der Waals surface area contributed by atoms with E-state index in [9.17, 15) is 23.5 Å². The van der Waals surface area contributed by atoms with E-state index >= 15 is 4.39 Å². The van der Waals surface area contributed by atoms with Crippen LogP contribution in [0.4, 0.5) is 13.2 Å². The van der Waals surface area contributed by atoms with Crippen molar-refractivity contribution < 1.29 is 37.3 Å². The summed E-state index contributed by atoms with van der Waals surface area (Å²) in [7, 11) is 0. The summed E-state index contributed by atoms with van der Waals surface area (Å²) < 4.78 is 55.3. The molecule has 0 saturated heterocycles. The number of ether oxygens (including phenoxy) is 2. The minimum Gasteiger partial charge on any atom is -0.490 e. The van der Waals surface area contributed by atoms with E-state index in [4.69, 9.17) is 9.47 Å². The lowest BCUT2D eigenvalue weighted by atomic mass is 9.72. The summed E-state index contributed by atoms with van der Waals surface area (Å²) in [6.45, 7) is 4.13. The number of rotatable bonds is 13. The number of halogens is 3. The molecule has 0 spiro atoms. The van der Waals surface area contributed by atoms with Gasteiger partial charge in [-0.2, -0.15) is 4.39 Å². The number of benzene rings is 2. The molecule has 1 aliphatic carbocycles. The van der Waals surface area contributed by atoms with Crippen molar-refractivity contribution in [2.75, 3.05) is 6.61 Å². The Kier molecular flexibility index (Phi) is 10.6. The van der Waals surface area contributed by atoms with Crippen LogP contribution in [0.15, 0.2) is 36.4 Å². The fraction of sp³-hybridized carbons (Fsp3) is 0.533. The molecule has 1 aliphatic rings. The molecule has 38 heavy (non-hydrogen) atoms. The van der Waals surface area contributed by atoms with Crippen molar-refractivity contribution in [2.45, 2.75) is 89.6 Å². The van der Waals surface area contributed by atoms with Gasteiger partial charge in [0.1, 0.15) is 5.75 Å². The van der Waals surface area contributed by atoms with Crippen LogP contribution in [-0.2, 0) is 4.79 Å². The van der Waals surface area contributed by atoms with Crippen LogP contribution < -0.4 is 9.47 Å². The van der Waals surface area contributed by atoms with Gasteiger partial charge in [0.25, 0.3) is 0 Å². The molecule has 0 aromatic heterocycles. The van der Waals surface area contributed by atoms with E-state index in [0.717, 1.165) is 38.2 Å². The van der Waals surface area contributed by atoms with E-state index in [0.29, 0.717) is 31.2 Å². The normalized spacial score (nSPS) is 16.4. The predicted octanol–water partition coefficient (Wildman–Crippen LogP) is 8.01. The lowest BCUT2D eigenvalue weighted by Crippen LogP contribution is -2.43. The van der Waals surface area contributed by atoms with Crippen LogP contribution in [0.1, 0.15) is 99.9 Å². The lowest BCUT2D eigenvalue weighted by molar-refractivity contribution is -0.157. The van der Waals surface area contributed by atoms with E-state index in [1.54, 1.807) is 12.1 Å². The van der Waals surface area contributed by atoms with Gasteiger partial charge in [-0.25, -0.2) is 18.4 Å². The van der Waals surface area contributed by atoms with E-state index in [-0.39, 0.29) is 30.4 Å². The van der Waals surface area contributed by atoms with Gasteiger partial charge in [-0.15, -0.1) is 0 Å². The summed E-state index contributed by atoms with van der Waals surface area (Å²) in [5.74, 6) is -6.09. The predicted molar refractivity (Wildman–Crippen MR) is 138 cm³/mol. The highest BCUT2D eigenvalue weighted by molar-refractivity contribution is 5.91. The third kappa shape index (κ3) is 7.08. The van der Waals surface area contributed by atoms with Crippen LogP contribution in [0.25, 0.3) is 0 Å². The SMILES string of the molecule is CCCCCOc1ccc(C(=O)Oc2ccc(C(CC)C[C@@](F)(C(=O)O)C3CCCCC3)cc2)c(F)c1F. The molecule has 3 rings (SSSR count). The third-order valence-electron chi connectivity index (χ3n) is 7.48. The van der Waals surface area contributed by atoms with Gasteiger partial charge in [0.05, 0.1) is 12.2 Å². The van der Waals surface area contributed by atoms with Gasteiger partial charge in [0.2, 0.25) is 11.5 Å². The zero-order valence-corrected chi connectivity index (χ0v) is 22.1. The number of hydrogen-bond acceptors (Lipinski definition) is 4. The van der Waals surface area contributed by atoms with Crippen LogP contribution in [0, 0.1) is 17.6 Å². The highest BCUT2D eigenvalue weighted by Crippen LogP contribution is 2.42. The monoisotopic (exact) mass is 534 g/mol. The molecular formula is C30H37F3O5. The topological polar surface area (TPSA) is 72.8 Å². The van der Waals surface area contributed by atoms with E-state index in [1.807, 2.05) is 13.8 Å². The van der Waals surface area contributed by atoms with Gasteiger partial charge in [-0.05, 0) is 67.9 Å². The maximum absolute atomic E-state index is 15.8. The van der Waals surface area contributed by atoms with Crippen molar-refractivity contribution in [3.8, 4) is 11.5 Å². The fourth-order valence-corrected chi connectivity index (χ4v) is 5.15. The Morgan fingerprint density at radius 3 is 2.29 bits per heavy atom. The molecular weight excluding hydrogens is 497 g/mol. The van der Waals surface area contributed by atoms with Crippen molar-refractivity contribution in [2.24, 2.45) is 5.92 Å². The quantitative estimate of drug-likeness (QED) is 0.160. The molecule has 0 amide bonds. The van der Waals surface area contributed by atoms with Crippen molar-refractivity contribution in [1.82, 2.24) is 0 Å². The summed E-state index contributed by atoms with van der Waals surface area (Å²) in [4.78, 5) is 24.5. The number of alkyl halides is 1. The van der Waals surface area contributed by atoms with Crippen LogP contribution >= 0.6 is 0 Å². The minimum atomic E-state index is -2.31. The number of esters is 1. The molecule has 208 valence electrons. The molecule has 1 fully saturated rings. The van der Waals surface area contributed by atoms with Crippen LogP contribution in [0.5, 0.6) is 11.5 Å². The van der Waals surface area contributed by atoms with Crippen molar-refractivity contribution in [3.63, 3.8) is 0 Å². The average molecular weight is 535 g/mol. The molecule has 8 heteroatoms. The molecule has 0 aliphatic heterocycles. The zero-order chi connectivity index (χ0) is 27.7. The zero-order valence-electron chi connectivity index (χ0n) is 22.1. The summed E-state index contributed by atoms with van der Waals surface area (Å²) >= 11 is 0. The Bertz CT molecular complexity index is 1080. The van der Waals surface area contributed by atoms with Gasteiger partial charge < -0.3 is 14.6 Å². The first-order valence-corrected chi connectivity index (χ1v) is 13.6. The number of carbonyl (C=O) groups is 2. The standard InChI is InChI=1S/C30H37F3O5/c1-3-5-9-18-37-25-17-16-24(26(31)27(25)32)28(34)38-23-14-12-21(13-15-23)20(4-2)19-30(33,29(35)36)22-10-7-6-8-11-22/h12-17,20,22H,3-11,18-19H2,1-2H3,(H,35,36)/t20?,30-/m0/s1. The van der Waals surface area contributed by atoms with E-state index in [2.05, 4.69) is 0 Å². The van der Waals surface area contributed by atoms with Gasteiger partial charge >= 0.3 is 11.9 Å². The first-order chi connectivity index (χ1) is 18.2. The third-order valence-corrected chi connectivity index (χ3v) is 7.48. The van der Waals surface area contributed by atoms with Crippen LogP contribution in [-0.4, -0.2) is 29.3 Å². The van der Waals surface area contributed by atoms with E-state index in [1.165, 1.54) is 18.2 Å². The number of unbranched alkanes of at least 4 members (excludes halogenated alkanes) is 2. The van der Waals surface area contributed by atoms with Crippen LogP contribution in [0.2, 0.25) is 0 Å². The summed E-state index contributed by atoms with van der Waals surface area (Å²) in [6, 6.07) is 8.57. The molecule has 2 aromatic rings. The average Bonchev–Trinajstić information content (AvgIpc) is 2.92. The number of carbonyl (C=O) groups excluding carboxylic acids is 1. The highest BCUT2D eigenvalue weighted by Gasteiger charge is 2.48. The fourth-order valence-electron chi connectivity index (χ4n) is 5.15.